The predicted octanol–water partition coefficient (Wildman–Crippen LogP) is 2.41. The summed E-state index contributed by atoms with van der Waals surface area (Å²) in [6.45, 7) is 3.80. The number of Topliss-reactive ketones (excluding diaryl/α,β-unsaturated/α-hetero) is 1. The summed E-state index contributed by atoms with van der Waals surface area (Å²) in [6.07, 6.45) is 0. The molecule has 3 nitrogen and oxygen atoms in total. The molecular formula is C13H9ClO3. The van der Waals surface area contributed by atoms with Crippen LogP contribution in [0.25, 0.3) is 11.1 Å². The number of allylic oxidation sites excluding steroid dienone is 2. The maximum absolute atomic E-state index is 11.8. The van der Waals surface area contributed by atoms with Crippen molar-refractivity contribution in [2.24, 2.45) is 0 Å². The monoisotopic (exact) mass is 248 g/mol. The van der Waals surface area contributed by atoms with E-state index in [1.54, 1.807) is 18.2 Å². The van der Waals surface area contributed by atoms with Crippen molar-refractivity contribution in [1.82, 2.24) is 0 Å². The minimum absolute atomic E-state index is 0.166. The van der Waals surface area contributed by atoms with Gasteiger partial charge in [0.25, 0.3) is 5.78 Å². The Kier molecular flexibility index (Phi) is 2.86. The molecule has 0 radical (unpaired) electrons. The summed E-state index contributed by atoms with van der Waals surface area (Å²) in [6, 6.07) is 7.12. The van der Waals surface area contributed by atoms with Crippen LogP contribution in [0, 0.1) is 0 Å². The maximum Gasteiger partial charge on any atom is 0.379 e. The lowest BCUT2D eigenvalue weighted by Crippen LogP contribution is -2.16. The van der Waals surface area contributed by atoms with Gasteiger partial charge in [-0.25, -0.2) is 4.79 Å². The average molecular weight is 249 g/mol. The summed E-state index contributed by atoms with van der Waals surface area (Å²) in [5.74, 6) is -1.67. The van der Waals surface area contributed by atoms with Crippen molar-refractivity contribution in [3.05, 3.63) is 47.0 Å². The molecule has 1 aromatic rings. The Morgan fingerprint density at radius 3 is 2.41 bits per heavy atom. The van der Waals surface area contributed by atoms with Gasteiger partial charge in [-0.1, -0.05) is 42.4 Å². The van der Waals surface area contributed by atoms with E-state index in [4.69, 9.17) is 11.6 Å². The van der Waals surface area contributed by atoms with Gasteiger partial charge in [0.1, 0.15) is 0 Å². The molecule has 0 unspecified atom stereocenters. The number of fused-ring (bicyclic) bond motifs is 1. The highest BCUT2D eigenvalue weighted by Crippen LogP contribution is 2.42. The molecule has 0 aliphatic heterocycles. The van der Waals surface area contributed by atoms with Crippen LogP contribution in [0.2, 0.25) is 0 Å². The molecule has 0 amide bonds. The second-order valence-corrected chi connectivity index (χ2v) is 3.91. The van der Waals surface area contributed by atoms with Gasteiger partial charge in [0.05, 0.1) is 17.7 Å². The molecule has 0 heterocycles. The van der Waals surface area contributed by atoms with E-state index >= 15 is 0 Å². The number of ketones is 1. The fourth-order valence-corrected chi connectivity index (χ4v) is 2.06. The molecule has 17 heavy (non-hydrogen) atoms. The van der Waals surface area contributed by atoms with Crippen molar-refractivity contribution in [2.45, 2.75) is 0 Å². The summed E-state index contributed by atoms with van der Waals surface area (Å²) in [4.78, 5) is 23.1. The minimum atomic E-state index is -0.928. The second kappa shape index (κ2) is 4.18. The lowest BCUT2D eigenvalue weighted by atomic mass is 10.0. The Labute approximate surface area is 103 Å². The summed E-state index contributed by atoms with van der Waals surface area (Å²) < 4.78 is 4.41. The number of esters is 1. The Balaban J connectivity index is 2.58. The average Bonchev–Trinajstić information content (AvgIpc) is 2.61. The van der Waals surface area contributed by atoms with E-state index in [-0.39, 0.29) is 10.6 Å². The molecule has 2 rings (SSSR count). The zero-order chi connectivity index (χ0) is 12.6. The van der Waals surface area contributed by atoms with Gasteiger partial charge in [-0.15, -0.1) is 0 Å². The number of ether oxygens (including phenoxy) is 1. The number of carbonyl (C=O) groups is 2. The first-order valence-electron chi connectivity index (χ1n) is 4.89. The van der Waals surface area contributed by atoms with E-state index in [1.807, 2.05) is 6.07 Å². The standard InChI is InChI=1S/C13H9ClO3/c1-7-8-5-3-4-6-9(8)10(11(7)14)12(15)13(16)17-2/h3-6H,1H2,2H3. The Morgan fingerprint density at radius 2 is 1.82 bits per heavy atom. The van der Waals surface area contributed by atoms with Crippen molar-refractivity contribution >= 4 is 34.5 Å². The van der Waals surface area contributed by atoms with Gasteiger partial charge in [0, 0.05) is 0 Å². The van der Waals surface area contributed by atoms with Crippen molar-refractivity contribution in [1.29, 1.82) is 0 Å². The number of carbonyl (C=O) groups excluding carboxylic acids is 2. The molecule has 0 saturated carbocycles. The van der Waals surface area contributed by atoms with Crippen LogP contribution >= 0.6 is 11.6 Å². The van der Waals surface area contributed by atoms with Gasteiger partial charge >= 0.3 is 5.97 Å². The van der Waals surface area contributed by atoms with Crippen LogP contribution in [0.5, 0.6) is 0 Å². The van der Waals surface area contributed by atoms with E-state index in [2.05, 4.69) is 11.3 Å². The van der Waals surface area contributed by atoms with E-state index in [9.17, 15) is 9.59 Å². The highest BCUT2D eigenvalue weighted by molar-refractivity contribution is 6.59. The van der Waals surface area contributed by atoms with Gasteiger partial charge in [0.15, 0.2) is 0 Å². The summed E-state index contributed by atoms with van der Waals surface area (Å²) in [5.41, 5.74) is 2.11. The summed E-state index contributed by atoms with van der Waals surface area (Å²) >= 11 is 6.04. The molecule has 4 heteroatoms. The zero-order valence-corrected chi connectivity index (χ0v) is 9.88. The lowest BCUT2D eigenvalue weighted by molar-refractivity contribution is -0.148. The largest absolute Gasteiger partial charge is 0.463 e. The zero-order valence-electron chi connectivity index (χ0n) is 9.12. The van der Waals surface area contributed by atoms with Crippen molar-refractivity contribution in [3.8, 4) is 0 Å². The van der Waals surface area contributed by atoms with Crippen LogP contribution in [0.3, 0.4) is 0 Å². The number of methoxy groups -OCH3 is 1. The van der Waals surface area contributed by atoms with E-state index in [0.29, 0.717) is 11.1 Å². The first-order chi connectivity index (χ1) is 8.07. The Bertz CT molecular complexity index is 570. The predicted molar refractivity (Wildman–Crippen MR) is 65.3 cm³/mol. The molecule has 0 atom stereocenters. The van der Waals surface area contributed by atoms with Crippen molar-refractivity contribution < 1.29 is 14.3 Å². The molecule has 1 aliphatic rings. The summed E-state index contributed by atoms with van der Waals surface area (Å²) in [5, 5.41) is 0.210. The fraction of sp³-hybridized carbons (Fsp3) is 0.0769. The number of benzene rings is 1. The van der Waals surface area contributed by atoms with Crippen molar-refractivity contribution in [3.63, 3.8) is 0 Å². The molecule has 0 saturated heterocycles. The summed E-state index contributed by atoms with van der Waals surface area (Å²) in [7, 11) is 1.16. The van der Waals surface area contributed by atoms with Crippen molar-refractivity contribution in [2.75, 3.05) is 7.11 Å². The molecule has 0 N–H and O–H groups in total. The number of hydrogen-bond acceptors (Lipinski definition) is 3. The molecular weight excluding hydrogens is 240 g/mol. The van der Waals surface area contributed by atoms with Gasteiger partial charge in [-0.05, 0) is 16.7 Å². The number of halogens is 1. The van der Waals surface area contributed by atoms with Gasteiger partial charge in [0.2, 0.25) is 0 Å². The Morgan fingerprint density at radius 1 is 1.24 bits per heavy atom. The molecule has 0 bridgehead atoms. The quantitative estimate of drug-likeness (QED) is 0.596. The normalized spacial score (nSPS) is 13.6. The van der Waals surface area contributed by atoms with E-state index in [0.717, 1.165) is 12.7 Å². The van der Waals surface area contributed by atoms with Gasteiger partial charge in [-0.2, -0.15) is 0 Å². The molecule has 0 aromatic heterocycles. The molecule has 0 fully saturated rings. The van der Waals surface area contributed by atoms with E-state index < -0.39 is 11.8 Å². The van der Waals surface area contributed by atoms with E-state index in [1.165, 1.54) is 0 Å². The molecule has 1 aliphatic carbocycles. The second-order valence-electron chi connectivity index (χ2n) is 3.53. The third kappa shape index (κ3) is 1.68. The third-order valence-electron chi connectivity index (χ3n) is 2.60. The highest BCUT2D eigenvalue weighted by atomic mass is 35.5. The van der Waals surface area contributed by atoms with Gasteiger partial charge in [-0.3, -0.25) is 4.79 Å². The lowest BCUT2D eigenvalue weighted by Gasteiger charge is -2.02. The van der Waals surface area contributed by atoms with Crippen LogP contribution in [-0.4, -0.2) is 18.9 Å². The fourth-order valence-electron chi connectivity index (χ4n) is 1.77. The third-order valence-corrected chi connectivity index (χ3v) is 3.02. The maximum atomic E-state index is 11.8. The number of hydrogen-bond donors (Lipinski definition) is 0. The smallest absolute Gasteiger partial charge is 0.379 e. The first kappa shape index (κ1) is 11.6. The Hall–Kier alpha value is -1.87. The van der Waals surface area contributed by atoms with Crippen LogP contribution in [0.4, 0.5) is 0 Å². The number of rotatable bonds is 2. The van der Waals surface area contributed by atoms with Crippen LogP contribution in [0.15, 0.2) is 35.9 Å². The highest BCUT2D eigenvalue weighted by Gasteiger charge is 2.32. The van der Waals surface area contributed by atoms with Crippen LogP contribution in [0.1, 0.15) is 11.1 Å². The van der Waals surface area contributed by atoms with Gasteiger partial charge < -0.3 is 4.74 Å². The van der Waals surface area contributed by atoms with Crippen LogP contribution in [-0.2, 0) is 14.3 Å². The van der Waals surface area contributed by atoms with Crippen LogP contribution < -0.4 is 0 Å². The minimum Gasteiger partial charge on any atom is -0.463 e. The molecule has 1 aromatic carbocycles. The molecule has 86 valence electrons. The molecule has 0 spiro atoms. The first-order valence-corrected chi connectivity index (χ1v) is 5.27. The topological polar surface area (TPSA) is 43.4 Å². The SMILES string of the molecule is C=C1C(Cl)=C(C(=O)C(=O)OC)c2ccccc21.